The van der Waals surface area contributed by atoms with Crippen molar-refractivity contribution in [2.24, 2.45) is 0 Å². The second-order valence-corrected chi connectivity index (χ2v) is 5.31. The number of halogens is 2. The zero-order valence-electron chi connectivity index (χ0n) is 11.6. The summed E-state index contributed by atoms with van der Waals surface area (Å²) >= 11 is 5.93. The van der Waals surface area contributed by atoms with Gasteiger partial charge >= 0.3 is 0 Å². The van der Waals surface area contributed by atoms with Crippen LogP contribution in [0.1, 0.15) is 11.1 Å². The van der Waals surface area contributed by atoms with Gasteiger partial charge in [-0.05, 0) is 35.4 Å². The summed E-state index contributed by atoms with van der Waals surface area (Å²) in [5.74, 6) is -0.531. The topological polar surface area (TPSA) is 57.8 Å². The molecule has 2 heterocycles. The smallest absolute Gasteiger partial charge is 0.224 e. The minimum Gasteiger partial charge on any atom is -0.352 e. The first-order chi connectivity index (χ1) is 10.6. The van der Waals surface area contributed by atoms with E-state index in [0.717, 1.165) is 16.6 Å². The number of carbonyl (C=O) groups excluding carboxylic acids is 1. The van der Waals surface area contributed by atoms with E-state index < -0.39 is 5.82 Å². The lowest BCUT2D eigenvalue weighted by molar-refractivity contribution is -0.120. The molecule has 2 aromatic heterocycles. The van der Waals surface area contributed by atoms with E-state index in [1.807, 2.05) is 12.1 Å². The van der Waals surface area contributed by atoms with Crippen molar-refractivity contribution in [2.75, 3.05) is 0 Å². The third-order valence-electron chi connectivity index (χ3n) is 3.38. The van der Waals surface area contributed by atoms with Crippen molar-refractivity contribution in [1.29, 1.82) is 0 Å². The summed E-state index contributed by atoms with van der Waals surface area (Å²) in [7, 11) is 0. The lowest BCUT2D eigenvalue weighted by Crippen LogP contribution is -2.24. The Morgan fingerprint density at radius 1 is 1.32 bits per heavy atom. The normalized spacial score (nSPS) is 10.8. The predicted molar refractivity (Wildman–Crippen MR) is 83.1 cm³/mol. The van der Waals surface area contributed by atoms with Gasteiger partial charge in [0.2, 0.25) is 5.91 Å². The third kappa shape index (κ3) is 3.09. The van der Waals surface area contributed by atoms with Gasteiger partial charge in [-0.3, -0.25) is 4.79 Å². The quantitative estimate of drug-likeness (QED) is 0.776. The number of aromatic nitrogens is 2. The van der Waals surface area contributed by atoms with Crippen molar-refractivity contribution in [1.82, 2.24) is 15.3 Å². The Hall–Kier alpha value is -2.40. The monoisotopic (exact) mass is 317 g/mol. The van der Waals surface area contributed by atoms with Gasteiger partial charge in [-0.1, -0.05) is 17.7 Å². The fourth-order valence-corrected chi connectivity index (χ4v) is 2.49. The van der Waals surface area contributed by atoms with Crippen molar-refractivity contribution >= 4 is 28.5 Å². The van der Waals surface area contributed by atoms with Crippen LogP contribution in [0.25, 0.3) is 11.0 Å². The van der Waals surface area contributed by atoms with Gasteiger partial charge in [-0.2, -0.15) is 0 Å². The Balaban J connectivity index is 1.65. The van der Waals surface area contributed by atoms with Gasteiger partial charge in [0.1, 0.15) is 11.5 Å². The highest BCUT2D eigenvalue weighted by Gasteiger charge is 2.10. The molecule has 0 spiro atoms. The van der Waals surface area contributed by atoms with Gasteiger partial charge in [0, 0.05) is 29.3 Å². The van der Waals surface area contributed by atoms with Crippen LogP contribution in [0.4, 0.5) is 4.39 Å². The van der Waals surface area contributed by atoms with Crippen LogP contribution >= 0.6 is 11.6 Å². The molecule has 0 bridgehead atoms. The average molecular weight is 318 g/mol. The summed E-state index contributed by atoms with van der Waals surface area (Å²) in [4.78, 5) is 19.3. The molecule has 0 aliphatic rings. The second-order valence-electron chi connectivity index (χ2n) is 4.90. The van der Waals surface area contributed by atoms with Crippen LogP contribution < -0.4 is 5.32 Å². The van der Waals surface area contributed by atoms with Gasteiger partial charge < -0.3 is 10.3 Å². The molecule has 112 valence electrons. The standard InChI is InChI=1S/C16H13ClFN3O/c17-14-7-12(18)4-3-10(14)8-20-15(22)6-11-9-21-16-13(11)2-1-5-19-16/h1-5,7,9H,6,8H2,(H,19,21)(H,20,22). The fourth-order valence-electron chi connectivity index (χ4n) is 2.25. The molecule has 3 rings (SSSR count). The molecule has 1 amide bonds. The molecule has 0 aliphatic heterocycles. The van der Waals surface area contributed by atoms with Crippen LogP contribution in [0.2, 0.25) is 5.02 Å². The lowest BCUT2D eigenvalue weighted by atomic mass is 10.1. The van der Waals surface area contributed by atoms with Gasteiger partial charge in [-0.15, -0.1) is 0 Å². The molecule has 6 heteroatoms. The maximum Gasteiger partial charge on any atom is 0.224 e. The number of carbonyl (C=O) groups is 1. The zero-order valence-corrected chi connectivity index (χ0v) is 12.3. The number of hydrogen-bond acceptors (Lipinski definition) is 2. The summed E-state index contributed by atoms with van der Waals surface area (Å²) in [6, 6.07) is 7.86. The molecule has 4 nitrogen and oxygen atoms in total. The number of aromatic amines is 1. The van der Waals surface area contributed by atoms with Gasteiger partial charge in [0.25, 0.3) is 0 Å². The number of hydrogen-bond donors (Lipinski definition) is 2. The summed E-state index contributed by atoms with van der Waals surface area (Å²) in [6.07, 6.45) is 3.71. The van der Waals surface area contributed by atoms with Crippen LogP contribution in [0.5, 0.6) is 0 Å². The first kappa shape index (κ1) is 14.5. The molecular weight excluding hydrogens is 305 g/mol. The maximum absolute atomic E-state index is 13.0. The lowest BCUT2D eigenvalue weighted by Gasteiger charge is -2.07. The molecule has 0 unspecified atom stereocenters. The van der Waals surface area contributed by atoms with E-state index in [1.165, 1.54) is 12.1 Å². The highest BCUT2D eigenvalue weighted by Crippen LogP contribution is 2.18. The molecule has 0 saturated heterocycles. The third-order valence-corrected chi connectivity index (χ3v) is 3.73. The first-order valence-corrected chi connectivity index (χ1v) is 7.13. The van der Waals surface area contributed by atoms with Crippen molar-refractivity contribution in [3.05, 3.63) is 64.7 Å². The van der Waals surface area contributed by atoms with Gasteiger partial charge in [0.05, 0.1) is 6.42 Å². The molecule has 0 atom stereocenters. The Morgan fingerprint density at radius 3 is 3.00 bits per heavy atom. The number of pyridine rings is 1. The Morgan fingerprint density at radius 2 is 2.18 bits per heavy atom. The van der Waals surface area contributed by atoms with E-state index in [1.54, 1.807) is 18.5 Å². The Bertz CT molecular complexity index is 831. The number of H-pyrrole nitrogens is 1. The molecule has 0 radical (unpaired) electrons. The number of nitrogens with one attached hydrogen (secondary N) is 2. The highest BCUT2D eigenvalue weighted by atomic mass is 35.5. The van der Waals surface area contributed by atoms with E-state index in [2.05, 4.69) is 15.3 Å². The largest absolute Gasteiger partial charge is 0.352 e. The fraction of sp³-hybridized carbons (Fsp3) is 0.125. The van der Waals surface area contributed by atoms with Crippen molar-refractivity contribution in [2.45, 2.75) is 13.0 Å². The van der Waals surface area contributed by atoms with Crippen LogP contribution in [-0.4, -0.2) is 15.9 Å². The molecule has 0 aliphatic carbocycles. The average Bonchev–Trinajstić information content (AvgIpc) is 2.90. The highest BCUT2D eigenvalue weighted by molar-refractivity contribution is 6.31. The Labute approximate surface area is 131 Å². The minimum atomic E-state index is -0.397. The Kier molecular flexibility index (Phi) is 4.06. The number of benzene rings is 1. The molecule has 1 aromatic carbocycles. The molecule has 3 aromatic rings. The summed E-state index contributed by atoms with van der Waals surface area (Å²) < 4.78 is 13.0. The molecular formula is C16H13ClFN3O. The summed E-state index contributed by atoms with van der Waals surface area (Å²) in [5.41, 5.74) is 2.31. The van der Waals surface area contributed by atoms with E-state index in [0.29, 0.717) is 10.6 Å². The van der Waals surface area contributed by atoms with Crippen LogP contribution in [0.15, 0.2) is 42.7 Å². The molecule has 22 heavy (non-hydrogen) atoms. The van der Waals surface area contributed by atoms with Crippen LogP contribution in [0.3, 0.4) is 0 Å². The van der Waals surface area contributed by atoms with E-state index >= 15 is 0 Å². The van der Waals surface area contributed by atoms with Gasteiger partial charge in [0.15, 0.2) is 0 Å². The minimum absolute atomic E-state index is 0.134. The SMILES string of the molecule is O=C(Cc1c[nH]c2ncccc12)NCc1ccc(F)cc1Cl. The number of nitrogens with zero attached hydrogens (tertiary/aromatic N) is 1. The van der Waals surface area contributed by atoms with Gasteiger partial charge in [-0.25, -0.2) is 9.37 Å². The van der Waals surface area contributed by atoms with Crippen molar-refractivity contribution < 1.29 is 9.18 Å². The zero-order chi connectivity index (χ0) is 15.5. The molecule has 0 saturated carbocycles. The molecule has 0 fully saturated rings. The second kappa shape index (κ2) is 6.15. The first-order valence-electron chi connectivity index (χ1n) is 6.75. The van der Waals surface area contributed by atoms with Crippen molar-refractivity contribution in [3.8, 4) is 0 Å². The molecule has 2 N–H and O–H groups in total. The predicted octanol–water partition coefficient (Wildman–Crippen LogP) is 3.21. The number of rotatable bonds is 4. The number of fused-ring (bicyclic) bond motifs is 1. The van der Waals surface area contributed by atoms with Crippen LogP contribution in [0, 0.1) is 5.82 Å². The van der Waals surface area contributed by atoms with E-state index in [4.69, 9.17) is 11.6 Å². The maximum atomic E-state index is 13.0. The van der Waals surface area contributed by atoms with E-state index in [-0.39, 0.29) is 18.9 Å². The number of amides is 1. The van der Waals surface area contributed by atoms with E-state index in [9.17, 15) is 9.18 Å². The van der Waals surface area contributed by atoms with Crippen LogP contribution in [-0.2, 0) is 17.8 Å². The van der Waals surface area contributed by atoms with Crippen molar-refractivity contribution in [3.63, 3.8) is 0 Å². The summed E-state index contributed by atoms with van der Waals surface area (Å²) in [5, 5.41) is 4.01. The summed E-state index contributed by atoms with van der Waals surface area (Å²) in [6.45, 7) is 0.262.